The Morgan fingerprint density at radius 3 is 3.00 bits per heavy atom. The minimum atomic E-state index is 0.692. The first kappa shape index (κ1) is 10.3. The molecule has 0 radical (unpaired) electrons. The Kier molecular flexibility index (Phi) is 4.03. The lowest BCUT2D eigenvalue weighted by Crippen LogP contribution is -1.97. The molecule has 1 aromatic heterocycles. The summed E-state index contributed by atoms with van der Waals surface area (Å²) < 4.78 is 2.04. The number of halogens is 1. The Balaban J connectivity index is 2.54. The van der Waals surface area contributed by atoms with E-state index in [-0.39, 0.29) is 0 Å². The number of hydrogen-bond acceptors (Lipinski definition) is 1. The SMILES string of the molecule is CC(=CCCCl)Cc1nccn1C. The van der Waals surface area contributed by atoms with Crippen LogP contribution in [0, 0.1) is 0 Å². The molecule has 0 N–H and O–H groups in total. The number of rotatable bonds is 4. The minimum absolute atomic E-state index is 0.692. The number of allylic oxidation sites excluding steroid dienone is 2. The fourth-order valence-corrected chi connectivity index (χ4v) is 1.30. The van der Waals surface area contributed by atoms with Gasteiger partial charge in [-0.2, -0.15) is 0 Å². The predicted molar refractivity (Wildman–Crippen MR) is 56.0 cm³/mol. The van der Waals surface area contributed by atoms with E-state index in [1.54, 1.807) is 0 Å². The maximum atomic E-state index is 5.59. The molecular formula is C10H15ClN2. The van der Waals surface area contributed by atoms with Crippen LogP contribution in [0.3, 0.4) is 0 Å². The summed E-state index contributed by atoms with van der Waals surface area (Å²) in [5.74, 6) is 1.79. The zero-order valence-electron chi connectivity index (χ0n) is 8.13. The van der Waals surface area contributed by atoms with E-state index in [0.717, 1.165) is 18.7 Å². The average Bonchev–Trinajstić information content (AvgIpc) is 2.48. The van der Waals surface area contributed by atoms with E-state index in [2.05, 4.69) is 18.0 Å². The first-order valence-electron chi connectivity index (χ1n) is 4.42. The van der Waals surface area contributed by atoms with Crippen LogP contribution < -0.4 is 0 Å². The van der Waals surface area contributed by atoms with Gasteiger partial charge in [0.05, 0.1) is 0 Å². The second kappa shape index (κ2) is 5.07. The third-order valence-corrected chi connectivity index (χ3v) is 2.18. The van der Waals surface area contributed by atoms with Gasteiger partial charge in [0.1, 0.15) is 5.82 Å². The highest BCUT2D eigenvalue weighted by molar-refractivity contribution is 6.17. The van der Waals surface area contributed by atoms with E-state index < -0.39 is 0 Å². The van der Waals surface area contributed by atoms with E-state index in [1.807, 2.05) is 24.0 Å². The lowest BCUT2D eigenvalue weighted by Gasteiger charge is -2.01. The van der Waals surface area contributed by atoms with Gasteiger partial charge in [0.25, 0.3) is 0 Å². The topological polar surface area (TPSA) is 17.8 Å². The third kappa shape index (κ3) is 3.23. The van der Waals surface area contributed by atoms with Gasteiger partial charge in [-0.15, -0.1) is 11.6 Å². The largest absolute Gasteiger partial charge is 0.338 e. The van der Waals surface area contributed by atoms with E-state index in [0.29, 0.717) is 5.88 Å². The van der Waals surface area contributed by atoms with Crippen molar-refractivity contribution in [1.82, 2.24) is 9.55 Å². The fraction of sp³-hybridized carbons (Fsp3) is 0.500. The van der Waals surface area contributed by atoms with Crippen LogP contribution >= 0.6 is 11.6 Å². The molecule has 1 heterocycles. The maximum absolute atomic E-state index is 5.59. The summed E-state index contributed by atoms with van der Waals surface area (Å²) in [4.78, 5) is 4.25. The third-order valence-electron chi connectivity index (χ3n) is 1.96. The predicted octanol–water partition coefficient (Wildman–Crippen LogP) is 2.54. The monoisotopic (exact) mass is 198 g/mol. The summed E-state index contributed by atoms with van der Waals surface area (Å²) in [6, 6.07) is 0. The summed E-state index contributed by atoms with van der Waals surface area (Å²) in [6.07, 6.45) is 7.81. The number of hydrogen-bond donors (Lipinski definition) is 0. The van der Waals surface area contributed by atoms with Crippen LogP contribution in [-0.4, -0.2) is 15.4 Å². The first-order chi connectivity index (χ1) is 6.24. The van der Waals surface area contributed by atoms with Crippen LogP contribution in [0.15, 0.2) is 24.0 Å². The molecule has 72 valence electrons. The second-order valence-electron chi connectivity index (χ2n) is 3.16. The van der Waals surface area contributed by atoms with E-state index >= 15 is 0 Å². The molecule has 0 saturated heterocycles. The van der Waals surface area contributed by atoms with Gasteiger partial charge in [-0.05, 0) is 13.3 Å². The van der Waals surface area contributed by atoms with Crippen molar-refractivity contribution < 1.29 is 0 Å². The average molecular weight is 199 g/mol. The Morgan fingerprint density at radius 1 is 1.69 bits per heavy atom. The molecule has 0 amide bonds. The number of imidazole rings is 1. The van der Waals surface area contributed by atoms with Crippen molar-refractivity contribution in [1.29, 1.82) is 0 Å². The van der Waals surface area contributed by atoms with Crippen LogP contribution in [0.4, 0.5) is 0 Å². The highest BCUT2D eigenvalue weighted by Gasteiger charge is 1.98. The van der Waals surface area contributed by atoms with Crippen LogP contribution in [0.2, 0.25) is 0 Å². The molecule has 0 bridgehead atoms. The Hall–Kier alpha value is -0.760. The molecule has 0 aromatic carbocycles. The van der Waals surface area contributed by atoms with Crippen molar-refractivity contribution in [2.24, 2.45) is 7.05 Å². The van der Waals surface area contributed by atoms with Crippen LogP contribution in [0.5, 0.6) is 0 Å². The molecule has 0 spiro atoms. The Morgan fingerprint density at radius 2 is 2.46 bits per heavy atom. The van der Waals surface area contributed by atoms with Crippen molar-refractivity contribution >= 4 is 11.6 Å². The van der Waals surface area contributed by atoms with Crippen molar-refractivity contribution in [2.45, 2.75) is 19.8 Å². The van der Waals surface area contributed by atoms with Crippen molar-refractivity contribution in [3.05, 3.63) is 29.9 Å². The maximum Gasteiger partial charge on any atom is 0.112 e. The highest BCUT2D eigenvalue weighted by Crippen LogP contribution is 2.05. The summed E-state index contributed by atoms with van der Waals surface area (Å²) in [6.45, 7) is 2.11. The van der Waals surface area contributed by atoms with Crippen LogP contribution in [0.1, 0.15) is 19.2 Å². The second-order valence-corrected chi connectivity index (χ2v) is 3.54. The molecule has 0 atom stereocenters. The summed E-state index contributed by atoms with van der Waals surface area (Å²) >= 11 is 5.59. The first-order valence-corrected chi connectivity index (χ1v) is 4.95. The zero-order chi connectivity index (χ0) is 9.68. The summed E-state index contributed by atoms with van der Waals surface area (Å²) in [5.41, 5.74) is 1.33. The lowest BCUT2D eigenvalue weighted by molar-refractivity contribution is 0.814. The Bertz CT molecular complexity index is 289. The minimum Gasteiger partial charge on any atom is -0.338 e. The van der Waals surface area contributed by atoms with Gasteiger partial charge in [-0.25, -0.2) is 4.98 Å². The number of aromatic nitrogens is 2. The fourth-order valence-electron chi connectivity index (χ4n) is 1.19. The van der Waals surface area contributed by atoms with E-state index in [4.69, 9.17) is 11.6 Å². The van der Waals surface area contributed by atoms with Crippen molar-refractivity contribution in [3.8, 4) is 0 Å². The molecule has 1 aromatic rings. The number of nitrogens with zero attached hydrogens (tertiary/aromatic N) is 2. The zero-order valence-corrected chi connectivity index (χ0v) is 8.88. The van der Waals surface area contributed by atoms with Crippen molar-refractivity contribution in [2.75, 3.05) is 5.88 Å². The molecule has 2 nitrogen and oxygen atoms in total. The Labute approximate surface area is 84.2 Å². The van der Waals surface area contributed by atoms with Gasteiger partial charge in [0, 0.05) is 31.7 Å². The van der Waals surface area contributed by atoms with E-state index in [1.165, 1.54) is 5.57 Å². The standard InChI is InChI=1S/C10H15ClN2/c1-9(4-3-5-11)8-10-12-6-7-13(10)2/h4,6-7H,3,5,8H2,1-2H3. The van der Waals surface area contributed by atoms with Gasteiger partial charge < -0.3 is 4.57 Å². The van der Waals surface area contributed by atoms with Crippen molar-refractivity contribution in [3.63, 3.8) is 0 Å². The van der Waals surface area contributed by atoms with Crippen LogP contribution in [0.25, 0.3) is 0 Å². The number of alkyl halides is 1. The quantitative estimate of drug-likeness (QED) is 0.537. The molecule has 0 aliphatic heterocycles. The van der Waals surface area contributed by atoms with Crippen LogP contribution in [-0.2, 0) is 13.5 Å². The summed E-state index contributed by atoms with van der Waals surface area (Å²) in [5, 5.41) is 0. The molecular weight excluding hydrogens is 184 g/mol. The van der Waals surface area contributed by atoms with Gasteiger partial charge >= 0.3 is 0 Å². The van der Waals surface area contributed by atoms with Gasteiger partial charge in [0.2, 0.25) is 0 Å². The normalized spacial score (nSPS) is 12.1. The molecule has 0 unspecified atom stereocenters. The molecule has 0 aliphatic carbocycles. The number of aryl methyl sites for hydroxylation is 1. The van der Waals surface area contributed by atoms with E-state index in [9.17, 15) is 0 Å². The molecule has 0 saturated carbocycles. The molecule has 0 aliphatic rings. The van der Waals surface area contributed by atoms with Gasteiger partial charge in [-0.3, -0.25) is 0 Å². The highest BCUT2D eigenvalue weighted by atomic mass is 35.5. The smallest absolute Gasteiger partial charge is 0.112 e. The summed E-state index contributed by atoms with van der Waals surface area (Å²) in [7, 11) is 2.01. The molecule has 13 heavy (non-hydrogen) atoms. The van der Waals surface area contributed by atoms with Gasteiger partial charge in [-0.1, -0.05) is 11.6 Å². The molecule has 0 fully saturated rings. The lowest BCUT2D eigenvalue weighted by atomic mass is 10.2. The molecule has 1 rings (SSSR count). The molecule has 3 heteroatoms. The van der Waals surface area contributed by atoms with Gasteiger partial charge in [0.15, 0.2) is 0 Å².